The third-order valence-corrected chi connectivity index (χ3v) is 10.8. The van der Waals surface area contributed by atoms with E-state index in [1.807, 2.05) is 29.2 Å². The summed E-state index contributed by atoms with van der Waals surface area (Å²) in [7, 11) is 0. The number of piperidine rings is 2. The van der Waals surface area contributed by atoms with Crippen LogP contribution in [0.3, 0.4) is 0 Å². The van der Waals surface area contributed by atoms with Crippen molar-refractivity contribution in [1.29, 1.82) is 0 Å². The number of carbonyl (C=O) groups excluding carboxylic acids is 3. The summed E-state index contributed by atoms with van der Waals surface area (Å²) in [5.74, 6) is 0.549. The fourth-order valence-electron chi connectivity index (χ4n) is 7.70. The summed E-state index contributed by atoms with van der Waals surface area (Å²) in [6.45, 7) is 3.55. The average molecular weight is 706 g/mol. The van der Waals surface area contributed by atoms with E-state index in [0.717, 1.165) is 56.2 Å². The number of para-hydroxylation sites is 1. The molecule has 3 fully saturated rings. The molecule has 0 radical (unpaired) electrons. The maximum atomic E-state index is 13.9. The van der Waals surface area contributed by atoms with E-state index in [0.29, 0.717) is 63.8 Å². The zero-order valence-corrected chi connectivity index (χ0v) is 28.1. The maximum absolute atomic E-state index is 13.9. The molecule has 0 aromatic heterocycles. The molecule has 0 bridgehead atoms. The van der Waals surface area contributed by atoms with E-state index in [1.165, 1.54) is 11.0 Å². The Morgan fingerprint density at radius 1 is 0.959 bits per heavy atom. The van der Waals surface area contributed by atoms with Crippen molar-refractivity contribution in [3.63, 3.8) is 0 Å². The summed E-state index contributed by atoms with van der Waals surface area (Å²) < 4.78 is 52.7. The number of nitrogen functional groups attached to an aromatic ring is 1. The molecule has 3 saturated heterocycles. The molecular weight excluding hydrogens is 663 g/mol. The van der Waals surface area contributed by atoms with Crippen LogP contribution in [-0.4, -0.2) is 90.8 Å². The molecule has 0 unspecified atom stereocenters. The van der Waals surface area contributed by atoms with E-state index in [2.05, 4.69) is 5.32 Å². The van der Waals surface area contributed by atoms with Gasteiger partial charge in [-0.2, -0.15) is 13.2 Å². The first kappa shape index (κ1) is 35.1. The SMILES string of the molecule is Nc1c(Cl)cc(C[C@@H](OC(=O)N2CCC(N3CCc4ccccc4NC3=O)CC2)C(=O)N2CCC(C3CCOCC3)CC2)cc1C(F)(F)F. The number of nitrogens with zero attached hydrogens (tertiary/aromatic N) is 3. The molecule has 6 rings (SSSR count). The lowest BCUT2D eigenvalue weighted by molar-refractivity contribution is -0.142. The van der Waals surface area contributed by atoms with Crippen LogP contribution in [0.4, 0.5) is 34.1 Å². The van der Waals surface area contributed by atoms with Crippen LogP contribution < -0.4 is 11.1 Å². The van der Waals surface area contributed by atoms with Crippen molar-refractivity contribution in [2.24, 2.45) is 11.8 Å². The quantitative estimate of drug-likeness (QED) is 0.346. The summed E-state index contributed by atoms with van der Waals surface area (Å²) in [4.78, 5) is 45.5. The lowest BCUT2D eigenvalue weighted by Gasteiger charge is -2.39. The van der Waals surface area contributed by atoms with Crippen LogP contribution >= 0.6 is 11.6 Å². The molecular formula is C35H43ClF3N5O5. The fourth-order valence-corrected chi connectivity index (χ4v) is 7.94. The number of likely N-dealkylation sites (tertiary alicyclic amines) is 2. The number of rotatable bonds is 6. The van der Waals surface area contributed by atoms with E-state index in [9.17, 15) is 27.6 Å². The summed E-state index contributed by atoms with van der Waals surface area (Å²) in [5, 5.41) is 2.70. The molecule has 0 saturated carbocycles. The molecule has 4 heterocycles. The average Bonchev–Trinajstić information content (AvgIpc) is 3.27. The molecule has 49 heavy (non-hydrogen) atoms. The second-order valence-electron chi connectivity index (χ2n) is 13.5. The highest BCUT2D eigenvalue weighted by atomic mass is 35.5. The van der Waals surface area contributed by atoms with E-state index in [4.69, 9.17) is 26.8 Å². The van der Waals surface area contributed by atoms with Crippen molar-refractivity contribution in [3.8, 4) is 0 Å². The number of hydrogen-bond donors (Lipinski definition) is 2. The number of carbonyl (C=O) groups is 3. The van der Waals surface area contributed by atoms with Gasteiger partial charge in [0.25, 0.3) is 5.91 Å². The highest BCUT2D eigenvalue weighted by Gasteiger charge is 2.38. The third kappa shape index (κ3) is 8.20. The van der Waals surface area contributed by atoms with Crippen molar-refractivity contribution < 1.29 is 37.0 Å². The van der Waals surface area contributed by atoms with Gasteiger partial charge in [0.05, 0.1) is 16.3 Å². The molecule has 4 aliphatic heterocycles. The van der Waals surface area contributed by atoms with E-state index >= 15 is 0 Å². The Labute approximate surface area is 289 Å². The van der Waals surface area contributed by atoms with Crippen LogP contribution in [0.1, 0.15) is 55.2 Å². The number of halogens is 4. The zero-order valence-electron chi connectivity index (χ0n) is 27.4. The molecule has 266 valence electrons. The van der Waals surface area contributed by atoms with Gasteiger partial charge in [0.2, 0.25) is 0 Å². The summed E-state index contributed by atoms with van der Waals surface area (Å²) >= 11 is 6.10. The Hall–Kier alpha value is -3.71. The Morgan fingerprint density at radius 3 is 2.31 bits per heavy atom. The Bertz CT molecular complexity index is 1520. The van der Waals surface area contributed by atoms with Gasteiger partial charge in [0.15, 0.2) is 6.10 Å². The van der Waals surface area contributed by atoms with E-state index in [1.54, 1.807) is 4.90 Å². The molecule has 0 aliphatic carbocycles. The smallest absolute Gasteiger partial charge is 0.418 e. The molecule has 4 amide bonds. The molecule has 2 aromatic carbocycles. The lowest BCUT2D eigenvalue weighted by Crippen LogP contribution is -2.51. The van der Waals surface area contributed by atoms with E-state index in [-0.39, 0.29) is 29.1 Å². The lowest BCUT2D eigenvalue weighted by atomic mass is 9.80. The third-order valence-electron chi connectivity index (χ3n) is 10.5. The number of nitrogens with one attached hydrogen (secondary N) is 1. The van der Waals surface area contributed by atoms with Crippen molar-refractivity contribution in [3.05, 3.63) is 58.1 Å². The first-order valence-corrected chi connectivity index (χ1v) is 17.5. The van der Waals surface area contributed by atoms with Crippen LogP contribution in [0.5, 0.6) is 0 Å². The van der Waals surface area contributed by atoms with Crippen LogP contribution in [0.25, 0.3) is 0 Å². The second-order valence-corrected chi connectivity index (χ2v) is 13.9. The number of urea groups is 1. The van der Waals surface area contributed by atoms with Gasteiger partial charge in [-0.05, 0) is 86.1 Å². The molecule has 3 N–H and O–H groups in total. The van der Waals surface area contributed by atoms with Crippen molar-refractivity contribution >= 4 is 41.0 Å². The number of benzene rings is 2. The minimum absolute atomic E-state index is 0.0849. The van der Waals surface area contributed by atoms with Crippen LogP contribution in [-0.2, 0) is 33.3 Å². The number of alkyl halides is 3. The topological polar surface area (TPSA) is 117 Å². The van der Waals surface area contributed by atoms with Crippen molar-refractivity contribution in [1.82, 2.24) is 14.7 Å². The fraction of sp³-hybridized carbons (Fsp3) is 0.571. The number of anilines is 2. The van der Waals surface area contributed by atoms with Crippen molar-refractivity contribution in [2.45, 2.75) is 69.7 Å². The van der Waals surface area contributed by atoms with Gasteiger partial charge in [0.1, 0.15) is 0 Å². The molecule has 0 spiro atoms. The summed E-state index contributed by atoms with van der Waals surface area (Å²) in [6, 6.07) is 9.56. The summed E-state index contributed by atoms with van der Waals surface area (Å²) in [5.41, 5.74) is 5.89. The Kier molecular flexibility index (Phi) is 10.8. The largest absolute Gasteiger partial charge is 0.436 e. The van der Waals surface area contributed by atoms with Gasteiger partial charge < -0.3 is 35.2 Å². The predicted octanol–water partition coefficient (Wildman–Crippen LogP) is 6.21. The van der Waals surface area contributed by atoms with Crippen LogP contribution in [0.15, 0.2) is 36.4 Å². The predicted molar refractivity (Wildman–Crippen MR) is 178 cm³/mol. The minimum Gasteiger partial charge on any atom is -0.436 e. The van der Waals surface area contributed by atoms with Gasteiger partial charge in [0, 0.05) is 64.1 Å². The molecule has 2 aromatic rings. The van der Waals surface area contributed by atoms with Gasteiger partial charge in [-0.15, -0.1) is 0 Å². The normalized spacial score (nSPS) is 20.7. The number of hydrogen-bond acceptors (Lipinski definition) is 6. The first-order valence-electron chi connectivity index (χ1n) is 17.1. The summed E-state index contributed by atoms with van der Waals surface area (Å²) in [6.07, 6.45) is -1.83. The highest BCUT2D eigenvalue weighted by molar-refractivity contribution is 6.33. The van der Waals surface area contributed by atoms with Crippen LogP contribution in [0, 0.1) is 11.8 Å². The molecule has 14 heteroatoms. The number of nitrogens with two attached hydrogens (primary N) is 1. The second kappa shape index (κ2) is 15.0. The Morgan fingerprint density at radius 2 is 1.61 bits per heavy atom. The highest BCUT2D eigenvalue weighted by Crippen LogP contribution is 2.38. The minimum atomic E-state index is -4.76. The van der Waals surface area contributed by atoms with Gasteiger partial charge in [-0.3, -0.25) is 4.79 Å². The van der Waals surface area contributed by atoms with Crippen LogP contribution in [0.2, 0.25) is 5.02 Å². The monoisotopic (exact) mass is 705 g/mol. The maximum Gasteiger partial charge on any atom is 0.418 e. The van der Waals surface area contributed by atoms with Gasteiger partial charge >= 0.3 is 18.3 Å². The molecule has 4 aliphatic rings. The number of ether oxygens (including phenoxy) is 2. The molecule has 1 atom stereocenters. The number of fused-ring (bicyclic) bond motifs is 1. The standard InChI is InChI=1S/C35H43ClF3N5O5/c36-28-20-22(19-27(31(28)40)35(37,38)39)21-30(32(45)42-12-5-23(6-13-42)24-10-17-48-18-11-24)49-34(47)43-14-8-26(9-15-43)44-16-7-25-3-1-2-4-29(25)41-33(44)46/h1-4,19-20,23-24,26,30H,5-18,21,40H2,(H,41,46)/t30-/m1/s1. The zero-order chi connectivity index (χ0) is 34.7. The Balaban J connectivity index is 1.12. The van der Waals surface area contributed by atoms with E-state index < -0.39 is 35.5 Å². The molecule has 10 nitrogen and oxygen atoms in total. The number of amides is 4. The van der Waals surface area contributed by atoms with Gasteiger partial charge in [-0.25, -0.2) is 9.59 Å². The first-order chi connectivity index (χ1) is 23.5. The van der Waals surface area contributed by atoms with Gasteiger partial charge in [-0.1, -0.05) is 29.8 Å². The van der Waals surface area contributed by atoms with Crippen molar-refractivity contribution in [2.75, 3.05) is 57.0 Å².